The number of rotatable bonds is 0. The van der Waals surface area contributed by atoms with Crippen molar-refractivity contribution < 1.29 is 70.3 Å². The van der Waals surface area contributed by atoms with Gasteiger partial charge in [0, 0.05) is 21.1 Å². The van der Waals surface area contributed by atoms with Crippen LogP contribution in [0.2, 0.25) is 0 Å². The topological polar surface area (TPSA) is 114 Å². The van der Waals surface area contributed by atoms with Crippen molar-refractivity contribution >= 4 is 13.6 Å². The summed E-state index contributed by atoms with van der Waals surface area (Å²) >= 11 is 0. The predicted octanol–water partition coefficient (Wildman–Crippen LogP) is 1.34. The van der Waals surface area contributed by atoms with Crippen LogP contribution in [0.4, 0.5) is 0 Å². The van der Waals surface area contributed by atoms with Crippen LogP contribution in [0.1, 0.15) is 0 Å². The van der Waals surface area contributed by atoms with Crippen LogP contribution in [0, 0.1) is 90.8 Å². The number of hydrogen-bond donors (Lipinski definition) is 0. The van der Waals surface area contributed by atoms with Crippen LogP contribution < -0.4 is 0 Å². The Kier molecular flexibility index (Phi) is 235. The molecule has 2 saturated carbocycles. The molecule has 6 nitrogen and oxygen atoms in total. The van der Waals surface area contributed by atoms with Crippen LogP contribution in [0.25, 0.3) is 0 Å². The van der Waals surface area contributed by atoms with Gasteiger partial charge in [-0.1, -0.05) is 0 Å². The van der Waals surface area contributed by atoms with Gasteiger partial charge in [0.2, 0.25) is 0 Å². The third kappa shape index (κ3) is 99.0. The molecule has 0 aliphatic heterocycles. The average Bonchev–Trinajstić information content (AvgIpc) is 3.43. The summed E-state index contributed by atoms with van der Waals surface area (Å²) in [6, 6.07) is 0. The van der Waals surface area contributed by atoms with Gasteiger partial charge in [0.05, 0.1) is 0 Å². The second-order valence-electron chi connectivity index (χ2n) is 1.92. The molecule has 0 aromatic carbocycles. The van der Waals surface area contributed by atoms with Crippen LogP contribution in [0.15, 0.2) is 0 Å². The quantitative estimate of drug-likeness (QED) is 0.220. The Labute approximate surface area is 174 Å². The maximum Gasteiger partial charge on any atom is 2.00 e. The minimum absolute atomic E-state index is 0. The first-order valence-corrected chi connectivity index (χ1v) is 4.62. The third-order valence-corrected chi connectivity index (χ3v) is 1.11. The van der Waals surface area contributed by atoms with Gasteiger partial charge in [0.15, 0.2) is 0 Å². The molecule has 0 atom stereocenters. The van der Waals surface area contributed by atoms with Crippen molar-refractivity contribution in [2.24, 2.45) is 0 Å². The molecule has 8 heteroatoms. The molecule has 0 heterocycles. The summed E-state index contributed by atoms with van der Waals surface area (Å²) in [6.45, 7) is 24.5. The van der Waals surface area contributed by atoms with E-state index in [0.717, 1.165) is 0 Å². The first-order valence-electron chi connectivity index (χ1n) is 4.62. The van der Waals surface area contributed by atoms with Crippen molar-refractivity contribution in [2.45, 2.75) is 0 Å². The molecule has 0 amide bonds. The second-order valence-corrected chi connectivity index (χ2v) is 1.92. The normalized spacial score (nSPS) is 10.7. The zero-order valence-electron chi connectivity index (χ0n) is 12.2. The molecular weight excluding hydrogens is 480 g/mol. The molecule has 2 aliphatic carbocycles. The van der Waals surface area contributed by atoms with Crippen LogP contribution >= 0.6 is 0 Å². The summed E-state index contributed by atoms with van der Waals surface area (Å²) < 4.78 is 30.0. The standard InChI is InChI=1S/2C5H5.2CHO.4CO.2Mo/c2*1-2-4-5-3-1;6*1-2;;/h2*1-5H;2*1H;;;;;;/q;;2*-1;;;;;;+2. The number of carbonyl (C=O) groups excluding carboxylic acids is 2. The smallest absolute Gasteiger partial charge is 0.545 e. The molecule has 10 radical (unpaired) electrons. The molecule has 0 spiro atoms. The molecule has 0 saturated heterocycles. The van der Waals surface area contributed by atoms with Crippen molar-refractivity contribution in [3.63, 3.8) is 0 Å². The van der Waals surface area contributed by atoms with Crippen LogP contribution in [0.3, 0.4) is 0 Å². The van der Waals surface area contributed by atoms with E-state index in [-0.39, 0.29) is 42.1 Å². The molecule has 0 aromatic rings. The summed E-state index contributed by atoms with van der Waals surface area (Å²) in [7, 11) is 0. The monoisotopic (exact) mass is 496 g/mol. The fourth-order valence-electron chi connectivity index (χ4n) is 0.642. The Morgan fingerprint density at radius 2 is 0.458 bits per heavy atom. The van der Waals surface area contributed by atoms with Gasteiger partial charge >= 0.3 is 66.3 Å². The van der Waals surface area contributed by atoms with Crippen LogP contribution in [-0.2, 0) is 70.3 Å². The first kappa shape index (κ1) is 49.5. The van der Waals surface area contributed by atoms with Crippen molar-refractivity contribution in [1.82, 2.24) is 0 Å². The van der Waals surface area contributed by atoms with E-state index in [9.17, 15) is 0 Å². The van der Waals surface area contributed by atoms with Gasteiger partial charge in [-0.25, -0.2) is 0 Å². The zero-order chi connectivity index (χ0) is 19.1. The molecule has 0 unspecified atom stereocenters. The van der Waals surface area contributed by atoms with Crippen LogP contribution in [0.5, 0.6) is 0 Å². The van der Waals surface area contributed by atoms with E-state index in [4.69, 9.17) is 28.2 Å². The zero-order valence-corrected chi connectivity index (χ0v) is 16.2. The summed E-state index contributed by atoms with van der Waals surface area (Å²) in [5.41, 5.74) is 0. The molecule has 0 aromatic heterocycles. The largest absolute Gasteiger partial charge is 2.00 e. The second kappa shape index (κ2) is 114. The minimum atomic E-state index is 0. The summed E-state index contributed by atoms with van der Waals surface area (Å²) in [6.07, 6.45) is 20.0. The fraction of sp³-hybridized carbons (Fsp3) is 0. The maximum absolute atomic E-state index is 7.75. The Balaban J connectivity index is -0.0000000213. The Bertz CT molecular complexity index is 170. The van der Waals surface area contributed by atoms with Crippen LogP contribution in [-0.4, -0.2) is 13.6 Å². The van der Waals surface area contributed by atoms with Gasteiger partial charge in [-0.3, -0.25) is 13.6 Å². The van der Waals surface area contributed by atoms with Crippen molar-refractivity contribution in [3.05, 3.63) is 90.8 Å². The van der Waals surface area contributed by atoms with Crippen molar-refractivity contribution in [2.75, 3.05) is 0 Å². The Hall–Kier alpha value is -0.323. The van der Waals surface area contributed by atoms with E-state index in [1.807, 2.05) is 64.2 Å². The maximum atomic E-state index is 7.75. The Morgan fingerprint density at radius 3 is 0.500 bits per heavy atom. The molecule has 0 N–H and O–H groups in total. The molecule has 24 heavy (non-hydrogen) atoms. The Morgan fingerprint density at radius 1 is 0.417 bits per heavy atom. The van der Waals surface area contributed by atoms with Gasteiger partial charge in [-0.2, -0.15) is 0 Å². The summed E-state index contributed by atoms with van der Waals surface area (Å²) in [4.78, 5) is 15.5. The van der Waals surface area contributed by atoms with Gasteiger partial charge in [-0.05, 0) is 64.2 Å². The molecule has 2 fully saturated rings. The summed E-state index contributed by atoms with van der Waals surface area (Å²) in [5.74, 6) is 0. The summed E-state index contributed by atoms with van der Waals surface area (Å²) in [5, 5.41) is 0. The molecule has 124 valence electrons. The van der Waals surface area contributed by atoms with Gasteiger partial charge < -0.3 is 9.59 Å². The van der Waals surface area contributed by atoms with E-state index in [2.05, 4.69) is 40.2 Å². The van der Waals surface area contributed by atoms with Gasteiger partial charge in [-0.15, -0.1) is 0 Å². The van der Waals surface area contributed by atoms with E-state index >= 15 is 0 Å². The first-order chi connectivity index (χ1) is 11.0. The van der Waals surface area contributed by atoms with Gasteiger partial charge in [0.25, 0.3) is 0 Å². The molecule has 2 rings (SSSR count). The average molecular weight is 492 g/mol. The van der Waals surface area contributed by atoms with E-state index in [1.165, 1.54) is 0 Å². The fourth-order valence-corrected chi connectivity index (χ4v) is 0.642. The number of hydrogen-bond acceptors (Lipinski definition) is 2. The molecular formula is C16H12Mo2O6. The molecule has 0 bridgehead atoms. The predicted molar refractivity (Wildman–Crippen MR) is 72.2 cm³/mol. The van der Waals surface area contributed by atoms with E-state index in [1.54, 1.807) is 0 Å². The minimum Gasteiger partial charge on any atom is -0.545 e. The SMILES string of the molecule is [C-]#[O+].[C-]#[O+].[C-]#[O+].[C-]#[O+].[CH-]=O.[CH-]=O.[CH]1[CH][CH][CH][CH]1.[CH]1[CH][CH][CH][CH]1.[Mo+2].[Mo]. The van der Waals surface area contributed by atoms with E-state index in [0.29, 0.717) is 0 Å². The van der Waals surface area contributed by atoms with Crippen molar-refractivity contribution in [1.29, 1.82) is 0 Å². The molecule has 2 aliphatic rings. The van der Waals surface area contributed by atoms with E-state index < -0.39 is 0 Å². The third-order valence-electron chi connectivity index (χ3n) is 1.11. The van der Waals surface area contributed by atoms with Crippen molar-refractivity contribution in [3.8, 4) is 0 Å². The van der Waals surface area contributed by atoms with Gasteiger partial charge in [0.1, 0.15) is 0 Å².